The average Bonchev–Trinajstić information content (AvgIpc) is 3.56. The molecule has 0 spiro atoms. The maximum absolute atomic E-state index is 14.2. The van der Waals surface area contributed by atoms with Crippen LogP contribution in [0.1, 0.15) is 65.6 Å². The highest BCUT2D eigenvalue weighted by Gasteiger charge is 2.42. The van der Waals surface area contributed by atoms with Crippen molar-refractivity contribution in [1.82, 2.24) is 10.6 Å². The molecule has 5 rings (SSSR count). The van der Waals surface area contributed by atoms with Crippen molar-refractivity contribution in [2.45, 2.75) is 69.9 Å². The van der Waals surface area contributed by atoms with Crippen LogP contribution in [0.25, 0.3) is 0 Å². The van der Waals surface area contributed by atoms with Gasteiger partial charge in [0.2, 0.25) is 17.4 Å². The Labute approximate surface area is 301 Å². The number of carbonyl (C=O) groups excluding carboxylic acids is 3. The Bertz CT molecular complexity index is 1640. The van der Waals surface area contributed by atoms with Crippen molar-refractivity contribution < 1.29 is 28.6 Å². The molecule has 8 nitrogen and oxygen atoms in total. The van der Waals surface area contributed by atoms with Crippen LogP contribution in [-0.2, 0) is 28.9 Å². The van der Waals surface area contributed by atoms with Crippen molar-refractivity contribution in [2.75, 3.05) is 21.3 Å². The number of amides is 2. The SMILES string of the molecule is COc1cc(C(=O)C(=O)N[C@@H]2[C@@H](Cc3ccccc3)CC[C@H]2C(=O)NC(CCCc2ccccc2)CCCc2ccccc2)cc(OC)c1OC. The van der Waals surface area contributed by atoms with Gasteiger partial charge in [-0.05, 0) is 92.5 Å². The van der Waals surface area contributed by atoms with Gasteiger partial charge in [0, 0.05) is 17.6 Å². The van der Waals surface area contributed by atoms with Gasteiger partial charge in [0.05, 0.1) is 27.2 Å². The van der Waals surface area contributed by atoms with Crippen molar-refractivity contribution >= 4 is 17.6 Å². The molecule has 0 heterocycles. The number of Topliss-reactive ketones (excluding diaryl/α,β-unsaturated/α-hetero) is 1. The number of hydrogen-bond acceptors (Lipinski definition) is 6. The van der Waals surface area contributed by atoms with Gasteiger partial charge in [-0.25, -0.2) is 0 Å². The van der Waals surface area contributed by atoms with E-state index in [0.717, 1.165) is 50.5 Å². The summed E-state index contributed by atoms with van der Waals surface area (Å²) in [5.74, 6) is -1.18. The predicted octanol–water partition coefficient (Wildman–Crippen LogP) is 7.18. The summed E-state index contributed by atoms with van der Waals surface area (Å²) in [6.07, 6.45) is 7.54. The molecule has 2 N–H and O–H groups in total. The van der Waals surface area contributed by atoms with E-state index < -0.39 is 23.7 Å². The Morgan fingerprint density at radius 2 is 1.20 bits per heavy atom. The first-order valence-electron chi connectivity index (χ1n) is 18.0. The van der Waals surface area contributed by atoms with E-state index in [4.69, 9.17) is 14.2 Å². The number of hydrogen-bond donors (Lipinski definition) is 2. The Morgan fingerprint density at radius 1 is 0.686 bits per heavy atom. The van der Waals surface area contributed by atoms with Gasteiger partial charge in [-0.1, -0.05) is 91.0 Å². The maximum Gasteiger partial charge on any atom is 0.292 e. The number of aryl methyl sites for hydroxylation is 2. The molecule has 51 heavy (non-hydrogen) atoms. The third kappa shape index (κ3) is 10.2. The van der Waals surface area contributed by atoms with Crippen molar-refractivity contribution in [3.63, 3.8) is 0 Å². The maximum atomic E-state index is 14.2. The van der Waals surface area contributed by atoms with Gasteiger partial charge in [-0.15, -0.1) is 0 Å². The first-order chi connectivity index (χ1) is 24.9. The van der Waals surface area contributed by atoms with E-state index in [-0.39, 0.29) is 34.9 Å². The molecule has 0 bridgehead atoms. The molecule has 0 unspecified atom stereocenters. The minimum absolute atomic E-state index is 0.00434. The average molecular weight is 691 g/mol. The van der Waals surface area contributed by atoms with Crippen molar-refractivity contribution in [3.05, 3.63) is 125 Å². The minimum Gasteiger partial charge on any atom is -0.493 e. The Kier molecular flexibility index (Phi) is 13.7. The van der Waals surface area contributed by atoms with Crippen LogP contribution in [0.5, 0.6) is 17.2 Å². The lowest BCUT2D eigenvalue weighted by Gasteiger charge is -2.28. The van der Waals surface area contributed by atoms with E-state index in [1.165, 1.54) is 44.6 Å². The first-order valence-corrected chi connectivity index (χ1v) is 18.0. The summed E-state index contributed by atoms with van der Waals surface area (Å²) in [7, 11) is 4.39. The zero-order valence-corrected chi connectivity index (χ0v) is 29.9. The highest BCUT2D eigenvalue weighted by molar-refractivity contribution is 6.43. The highest BCUT2D eigenvalue weighted by Crippen LogP contribution is 2.39. The molecule has 268 valence electrons. The Balaban J connectivity index is 1.32. The molecule has 0 aromatic heterocycles. The molecular formula is C43H50N2O6. The van der Waals surface area contributed by atoms with Crippen LogP contribution in [0.2, 0.25) is 0 Å². The van der Waals surface area contributed by atoms with E-state index in [0.29, 0.717) is 18.6 Å². The molecule has 3 atom stereocenters. The van der Waals surface area contributed by atoms with Crippen LogP contribution in [0, 0.1) is 11.8 Å². The van der Waals surface area contributed by atoms with Gasteiger partial charge in [-0.2, -0.15) is 0 Å². The summed E-state index contributed by atoms with van der Waals surface area (Å²) in [4.78, 5) is 41.5. The fourth-order valence-electron chi connectivity index (χ4n) is 7.29. The largest absolute Gasteiger partial charge is 0.493 e. The number of carbonyl (C=O) groups is 3. The third-order valence-corrected chi connectivity index (χ3v) is 9.97. The van der Waals surface area contributed by atoms with E-state index in [9.17, 15) is 14.4 Å². The van der Waals surface area contributed by atoms with E-state index >= 15 is 0 Å². The second-order valence-corrected chi connectivity index (χ2v) is 13.3. The molecule has 1 fully saturated rings. The summed E-state index contributed by atoms with van der Waals surface area (Å²) in [6.45, 7) is 0. The van der Waals surface area contributed by atoms with Gasteiger partial charge in [0.1, 0.15) is 0 Å². The molecule has 1 aliphatic carbocycles. The van der Waals surface area contributed by atoms with Gasteiger partial charge >= 0.3 is 0 Å². The molecule has 0 aliphatic heterocycles. The number of benzene rings is 4. The number of rotatable bonds is 18. The van der Waals surface area contributed by atoms with Crippen LogP contribution in [0.3, 0.4) is 0 Å². The quantitative estimate of drug-likeness (QED) is 0.0848. The lowest BCUT2D eigenvalue weighted by molar-refractivity contribution is -0.127. The Hall–Kier alpha value is -5.11. The van der Waals surface area contributed by atoms with Crippen LogP contribution in [-0.4, -0.2) is 51.0 Å². The fraction of sp³-hybridized carbons (Fsp3) is 0.372. The molecular weight excluding hydrogens is 640 g/mol. The number of ketones is 1. The zero-order valence-electron chi connectivity index (χ0n) is 29.9. The number of ether oxygens (including phenoxy) is 3. The van der Waals surface area contributed by atoms with Crippen LogP contribution >= 0.6 is 0 Å². The van der Waals surface area contributed by atoms with Gasteiger partial charge < -0.3 is 24.8 Å². The van der Waals surface area contributed by atoms with E-state index in [1.807, 2.05) is 30.3 Å². The molecule has 2 amide bonds. The summed E-state index contributed by atoms with van der Waals surface area (Å²) >= 11 is 0. The van der Waals surface area contributed by atoms with E-state index in [1.54, 1.807) is 0 Å². The predicted molar refractivity (Wildman–Crippen MR) is 199 cm³/mol. The smallest absolute Gasteiger partial charge is 0.292 e. The molecule has 0 radical (unpaired) electrons. The molecule has 0 saturated heterocycles. The molecule has 8 heteroatoms. The number of nitrogens with one attached hydrogen (secondary N) is 2. The topological polar surface area (TPSA) is 103 Å². The van der Waals surface area contributed by atoms with Gasteiger partial charge in [-0.3, -0.25) is 14.4 Å². The molecule has 1 aliphatic rings. The van der Waals surface area contributed by atoms with Crippen LogP contribution in [0.15, 0.2) is 103 Å². The first kappa shape index (κ1) is 37.2. The van der Waals surface area contributed by atoms with E-state index in [2.05, 4.69) is 71.3 Å². The molecule has 1 saturated carbocycles. The van der Waals surface area contributed by atoms with Gasteiger partial charge in [0.25, 0.3) is 5.91 Å². The zero-order chi connectivity index (χ0) is 36.0. The summed E-state index contributed by atoms with van der Waals surface area (Å²) in [5, 5.41) is 6.42. The normalized spacial score (nSPS) is 16.7. The fourth-order valence-corrected chi connectivity index (χ4v) is 7.29. The monoisotopic (exact) mass is 690 g/mol. The summed E-state index contributed by atoms with van der Waals surface area (Å²) in [5.41, 5.74) is 3.80. The lowest BCUT2D eigenvalue weighted by atomic mass is 9.90. The van der Waals surface area contributed by atoms with Crippen molar-refractivity contribution in [1.29, 1.82) is 0 Å². The summed E-state index contributed by atoms with van der Waals surface area (Å²) in [6, 6.07) is 33.3. The van der Waals surface area contributed by atoms with Crippen LogP contribution in [0.4, 0.5) is 0 Å². The standard InChI is InChI=1S/C43H50N2O6/c1-49-37-28-34(29-38(50-2)41(37)51-3)40(46)43(48)45-39-33(27-32-19-11-6-12-20-32)25-26-36(39)42(47)44-35(23-13-21-30-15-7-4-8-16-30)24-14-22-31-17-9-5-10-18-31/h4-12,15-20,28-29,33,35-36,39H,13-14,21-27H2,1-3H3,(H,44,47)(H,45,48)/t33-,36-,39-/m1/s1. The lowest BCUT2D eigenvalue weighted by Crippen LogP contribution is -2.50. The van der Waals surface area contributed by atoms with Crippen molar-refractivity contribution in [3.8, 4) is 17.2 Å². The second kappa shape index (κ2) is 18.8. The van der Waals surface area contributed by atoms with Crippen molar-refractivity contribution in [2.24, 2.45) is 11.8 Å². The Morgan fingerprint density at radius 3 is 1.69 bits per heavy atom. The van der Waals surface area contributed by atoms with Crippen LogP contribution < -0.4 is 24.8 Å². The highest BCUT2D eigenvalue weighted by atomic mass is 16.5. The number of methoxy groups -OCH3 is 3. The van der Waals surface area contributed by atoms with Gasteiger partial charge in [0.15, 0.2) is 11.5 Å². The minimum atomic E-state index is -0.769. The third-order valence-electron chi connectivity index (χ3n) is 9.97. The summed E-state index contributed by atoms with van der Waals surface area (Å²) < 4.78 is 16.2. The second-order valence-electron chi connectivity index (χ2n) is 13.3. The molecule has 4 aromatic rings. The molecule has 4 aromatic carbocycles.